The summed E-state index contributed by atoms with van der Waals surface area (Å²) in [5, 5.41) is 20.2. The van der Waals surface area contributed by atoms with E-state index in [0.29, 0.717) is 0 Å². The summed E-state index contributed by atoms with van der Waals surface area (Å²) in [6, 6.07) is 6.72. The zero-order valence-electron chi connectivity index (χ0n) is 12.3. The lowest BCUT2D eigenvalue weighted by atomic mass is 9.85. The number of hydrogen-bond donors (Lipinski definition) is 2. The average molecular weight is 464 g/mol. The molecule has 2 aromatic rings. The first kappa shape index (κ1) is 18.9. The van der Waals surface area contributed by atoms with Gasteiger partial charge in [-0.15, -0.1) is 0 Å². The zero-order valence-corrected chi connectivity index (χ0v) is 15.5. The van der Waals surface area contributed by atoms with Crippen molar-refractivity contribution in [1.82, 2.24) is 0 Å². The fourth-order valence-electron chi connectivity index (χ4n) is 2.48. The van der Waals surface area contributed by atoms with E-state index >= 15 is 0 Å². The predicted octanol–water partition coefficient (Wildman–Crippen LogP) is 4.60. The van der Waals surface area contributed by atoms with E-state index in [4.69, 9.17) is 0 Å². The van der Waals surface area contributed by atoms with Crippen LogP contribution in [0.25, 0.3) is 0 Å². The number of phenols is 2. The monoisotopic (exact) mass is 462 g/mol. The highest BCUT2D eigenvalue weighted by molar-refractivity contribution is 9.09. The molecule has 2 N–H and O–H groups in total. The Hall–Kier alpha value is -1.47. The van der Waals surface area contributed by atoms with Crippen molar-refractivity contribution >= 4 is 37.6 Å². The van der Waals surface area contributed by atoms with Crippen LogP contribution in [0.3, 0.4) is 0 Å². The number of phenolic OH excluding ortho intramolecular Hbond substituents is 2. The molecule has 2 atom stereocenters. The molecule has 0 spiro atoms. The molecule has 0 fully saturated rings. The van der Waals surface area contributed by atoms with Crippen LogP contribution in [0.2, 0.25) is 0 Å². The van der Waals surface area contributed by atoms with Crippen molar-refractivity contribution in [3.8, 4) is 11.5 Å². The second-order valence-electron chi connectivity index (χ2n) is 5.22. The number of aromatic hydroxyl groups is 2. The van der Waals surface area contributed by atoms with E-state index in [1.165, 1.54) is 12.1 Å². The van der Waals surface area contributed by atoms with Crippen LogP contribution < -0.4 is 0 Å². The van der Waals surface area contributed by atoms with Crippen molar-refractivity contribution < 1.29 is 23.8 Å². The van der Waals surface area contributed by atoms with Crippen LogP contribution in [0.1, 0.15) is 23.0 Å². The smallest absolute Gasteiger partial charge is 0.149 e. The maximum absolute atomic E-state index is 13.5. The number of rotatable bonds is 6. The molecule has 3 nitrogen and oxygen atoms in total. The van der Waals surface area contributed by atoms with Gasteiger partial charge in [-0.25, -0.2) is 8.78 Å². The molecule has 0 heterocycles. The molecule has 0 bridgehead atoms. The number of ketones is 1. The molecule has 0 aliphatic carbocycles. The van der Waals surface area contributed by atoms with E-state index in [-0.39, 0.29) is 39.1 Å². The third-order valence-corrected chi connectivity index (χ3v) is 5.02. The third kappa shape index (κ3) is 3.95. The van der Waals surface area contributed by atoms with Gasteiger partial charge in [0, 0.05) is 21.8 Å². The first-order chi connectivity index (χ1) is 11.4. The standard InChI is InChI=1S/C17H14Br2F2O3/c18-7-13(11-5-9(20)1-3-15(11)22)17(24)14(8-19)12-6-10(21)2-4-16(12)23/h1-6,13-14,22-23H,7-8H2. The molecule has 0 amide bonds. The summed E-state index contributed by atoms with van der Waals surface area (Å²) >= 11 is 6.42. The number of benzene rings is 2. The Morgan fingerprint density at radius 1 is 0.875 bits per heavy atom. The first-order valence-corrected chi connectivity index (χ1v) is 9.25. The molecular weight excluding hydrogens is 450 g/mol. The van der Waals surface area contributed by atoms with E-state index in [1.54, 1.807) is 0 Å². The van der Waals surface area contributed by atoms with Gasteiger partial charge >= 0.3 is 0 Å². The van der Waals surface area contributed by atoms with E-state index in [9.17, 15) is 23.8 Å². The summed E-state index contributed by atoms with van der Waals surface area (Å²) in [5.41, 5.74) is 0.275. The van der Waals surface area contributed by atoms with Crippen LogP contribution >= 0.6 is 31.9 Å². The zero-order chi connectivity index (χ0) is 17.9. The van der Waals surface area contributed by atoms with Crippen molar-refractivity contribution in [2.24, 2.45) is 0 Å². The average Bonchev–Trinajstić information content (AvgIpc) is 2.55. The summed E-state index contributed by atoms with van der Waals surface area (Å²) in [7, 11) is 0. The Morgan fingerprint density at radius 3 is 1.58 bits per heavy atom. The highest BCUT2D eigenvalue weighted by Gasteiger charge is 2.31. The Morgan fingerprint density at radius 2 is 1.25 bits per heavy atom. The molecule has 2 aromatic carbocycles. The topological polar surface area (TPSA) is 57.5 Å². The maximum atomic E-state index is 13.5. The normalized spacial score (nSPS) is 13.5. The number of alkyl halides is 2. The summed E-state index contributed by atoms with van der Waals surface area (Å²) < 4.78 is 27.0. The number of carbonyl (C=O) groups excluding carboxylic acids is 1. The van der Waals surface area contributed by atoms with Crippen molar-refractivity contribution in [2.75, 3.05) is 10.7 Å². The van der Waals surface area contributed by atoms with Crippen molar-refractivity contribution in [2.45, 2.75) is 11.8 Å². The van der Waals surface area contributed by atoms with Crippen molar-refractivity contribution in [1.29, 1.82) is 0 Å². The fourth-order valence-corrected chi connectivity index (χ4v) is 3.81. The molecule has 128 valence electrons. The summed E-state index contributed by atoms with van der Waals surface area (Å²) in [4.78, 5) is 12.9. The Labute approximate surface area is 154 Å². The number of hydrogen-bond acceptors (Lipinski definition) is 3. The molecule has 2 unspecified atom stereocenters. The minimum absolute atomic E-state index is 0.138. The molecule has 0 radical (unpaired) electrons. The van der Waals surface area contributed by atoms with E-state index < -0.39 is 23.5 Å². The number of halogens is 4. The summed E-state index contributed by atoms with van der Waals surface area (Å²) in [6.07, 6.45) is 0. The van der Waals surface area contributed by atoms with Gasteiger partial charge < -0.3 is 10.2 Å². The molecule has 0 aliphatic rings. The van der Waals surface area contributed by atoms with Gasteiger partial charge in [0.25, 0.3) is 0 Å². The molecular formula is C17H14Br2F2O3. The molecule has 7 heteroatoms. The lowest BCUT2D eigenvalue weighted by Crippen LogP contribution is -2.23. The van der Waals surface area contributed by atoms with Crippen LogP contribution in [0.5, 0.6) is 11.5 Å². The Kier molecular flexibility index (Phi) is 6.34. The van der Waals surface area contributed by atoms with Crippen LogP contribution in [0, 0.1) is 11.6 Å². The van der Waals surface area contributed by atoms with Gasteiger partial charge in [-0.1, -0.05) is 31.9 Å². The SMILES string of the molecule is O=C(C(CBr)c1cc(F)ccc1O)C(CBr)c1cc(F)ccc1O. The first-order valence-electron chi connectivity index (χ1n) is 7.01. The van der Waals surface area contributed by atoms with Gasteiger partial charge in [0.05, 0.1) is 11.8 Å². The third-order valence-electron chi connectivity index (χ3n) is 3.73. The molecule has 0 aromatic heterocycles. The maximum Gasteiger partial charge on any atom is 0.149 e. The Balaban J connectivity index is 2.45. The van der Waals surface area contributed by atoms with E-state index in [1.807, 2.05) is 0 Å². The molecule has 24 heavy (non-hydrogen) atoms. The molecule has 0 saturated carbocycles. The van der Waals surface area contributed by atoms with Crippen molar-refractivity contribution in [3.05, 3.63) is 59.2 Å². The minimum Gasteiger partial charge on any atom is -0.508 e. The summed E-state index contributed by atoms with van der Waals surface area (Å²) in [5.74, 6) is -3.66. The highest BCUT2D eigenvalue weighted by atomic mass is 79.9. The second-order valence-corrected chi connectivity index (χ2v) is 6.52. The second kappa shape index (κ2) is 8.07. The van der Waals surface area contributed by atoms with Crippen molar-refractivity contribution in [3.63, 3.8) is 0 Å². The minimum atomic E-state index is -0.856. The molecule has 0 saturated heterocycles. The quantitative estimate of drug-likeness (QED) is 0.615. The van der Waals surface area contributed by atoms with Crippen LogP contribution in [0.4, 0.5) is 8.78 Å². The number of carbonyl (C=O) groups is 1. The van der Waals surface area contributed by atoms with Crippen LogP contribution in [-0.2, 0) is 4.79 Å². The summed E-state index contributed by atoms with van der Waals surface area (Å²) in [6.45, 7) is 0. The van der Waals surface area contributed by atoms with Gasteiger partial charge in [-0.05, 0) is 36.4 Å². The predicted molar refractivity (Wildman–Crippen MR) is 94.2 cm³/mol. The van der Waals surface area contributed by atoms with Gasteiger partial charge in [-0.2, -0.15) is 0 Å². The van der Waals surface area contributed by atoms with Gasteiger partial charge in [0.15, 0.2) is 0 Å². The highest BCUT2D eigenvalue weighted by Crippen LogP contribution is 2.36. The fraction of sp³-hybridized carbons (Fsp3) is 0.235. The largest absolute Gasteiger partial charge is 0.508 e. The van der Waals surface area contributed by atoms with Gasteiger partial charge in [0.1, 0.15) is 28.9 Å². The number of Topliss-reactive ketones (excluding diaryl/α,β-unsaturated/α-hetero) is 1. The van der Waals surface area contributed by atoms with E-state index in [0.717, 1.165) is 24.3 Å². The Bertz CT molecular complexity index is 691. The van der Waals surface area contributed by atoms with Gasteiger partial charge in [-0.3, -0.25) is 4.79 Å². The van der Waals surface area contributed by atoms with Gasteiger partial charge in [0.2, 0.25) is 0 Å². The van der Waals surface area contributed by atoms with Crippen LogP contribution in [0.15, 0.2) is 36.4 Å². The van der Waals surface area contributed by atoms with Crippen LogP contribution in [-0.4, -0.2) is 26.7 Å². The lowest BCUT2D eigenvalue weighted by molar-refractivity contribution is -0.121. The molecule has 2 rings (SSSR count). The van der Waals surface area contributed by atoms with E-state index in [2.05, 4.69) is 31.9 Å². The molecule has 0 aliphatic heterocycles. The lowest BCUT2D eigenvalue weighted by Gasteiger charge is -2.22.